The largest absolute Gasteiger partial charge is 0.234 e. The molecule has 25 heavy (non-hydrogen) atoms. The standard InChI is InChI=1S/C21H44O4/c1-9-13-14-18-21(17-12-4,24-22-19(5,6)15-10-2)25-23-20(7,8)16-11-3/h9-18H2,1-8H3. The van der Waals surface area contributed by atoms with Crippen LogP contribution in [-0.2, 0) is 19.6 Å². The van der Waals surface area contributed by atoms with Crippen molar-refractivity contribution in [3.8, 4) is 0 Å². The normalized spacial score (nSPS) is 13.4. The average molecular weight is 361 g/mol. The average Bonchev–Trinajstić information content (AvgIpc) is 2.51. The van der Waals surface area contributed by atoms with Crippen molar-refractivity contribution in [1.29, 1.82) is 0 Å². The molecule has 0 fully saturated rings. The van der Waals surface area contributed by atoms with Crippen molar-refractivity contribution in [3.05, 3.63) is 0 Å². The van der Waals surface area contributed by atoms with Crippen molar-refractivity contribution in [2.24, 2.45) is 0 Å². The number of unbranched alkanes of at least 4 members (excludes halogenated alkanes) is 2. The van der Waals surface area contributed by atoms with Gasteiger partial charge in [0, 0.05) is 12.8 Å². The number of rotatable bonds is 16. The van der Waals surface area contributed by atoms with Crippen LogP contribution in [0.3, 0.4) is 0 Å². The maximum Gasteiger partial charge on any atom is 0.234 e. The summed E-state index contributed by atoms with van der Waals surface area (Å²) in [7, 11) is 0. The van der Waals surface area contributed by atoms with Gasteiger partial charge in [0.05, 0.1) is 11.2 Å². The predicted molar refractivity (Wildman–Crippen MR) is 104 cm³/mol. The Balaban J connectivity index is 5.07. The molecule has 0 bridgehead atoms. The van der Waals surface area contributed by atoms with Gasteiger partial charge in [-0.05, 0) is 47.0 Å². The summed E-state index contributed by atoms with van der Waals surface area (Å²) in [5.41, 5.74) is -0.665. The van der Waals surface area contributed by atoms with Crippen LogP contribution in [0.4, 0.5) is 0 Å². The van der Waals surface area contributed by atoms with E-state index in [1.165, 1.54) is 0 Å². The molecule has 0 amide bonds. The van der Waals surface area contributed by atoms with Crippen LogP contribution in [0.2, 0.25) is 0 Å². The van der Waals surface area contributed by atoms with E-state index < -0.39 is 5.79 Å². The Bertz CT molecular complexity index is 304. The molecule has 0 aromatic rings. The minimum absolute atomic E-state index is 0.333. The van der Waals surface area contributed by atoms with Gasteiger partial charge in [-0.2, -0.15) is 9.78 Å². The Kier molecular flexibility index (Phi) is 12.2. The molecule has 0 saturated heterocycles. The summed E-state index contributed by atoms with van der Waals surface area (Å²) in [6, 6.07) is 0. The Morgan fingerprint density at radius 3 is 1.28 bits per heavy atom. The second kappa shape index (κ2) is 12.3. The molecule has 0 aromatic heterocycles. The zero-order chi connectivity index (χ0) is 19.4. The molecule has 0 rings (SSSR count). The van der Waals surface area contributed by atoms with E-state index in [1.807, 2.05) is 0 Å². The lowest BCUT2D eigenvalue weighted by atomic mass is 10.0. The minimum atomic E-state index is -0.833. The van der Waals surface area contributed by atoms with Gasteiger partial charge in [-0.1, -0.05) is 59.8 Å². The van der Waals surface area contributed by atoms with E-state index in [9.17, 15) is 0 Å². The highest BCUT2D eigenvalue weighted by Crippen LogP contribution is 2.33. The third-order valence-electron chi connectivity index (χ3n) is 4.33. The Labute approximate surface area is 156 Å². The molecule has 0 aromatic carbocycles. The maximum atomic E-state index is 5.96. The van der Waals surface area contributed by atoms with E-state index in [-0.39, 0.29) is 11.2 Å². The van der Waals surface area contributed by atoms with Crippen LogP contribution < -0.4 is 0 Å². The van der Waals surface area contributed by atoms with Gasteiger partial charge in [0.15, 0.2) is 0 Å². The summed E-state index contributed by atoms with van der Waals surface area (Å²) in [5, 5.41) is 0. The van der Waals surface area contributed by atoms with Gasteiger partial charge < -0.3 is 0 Å². The Morgan fingerprint density at radius 2 is 0.920 bits per heavy atom. The molecule has 0 aliphatic carbocycles. The van der Waals surface area contributed by atoms with Crippen LogP contribution in [-0.4, -0.2) is 17.0 Å². The summed E-state index contributed by atoms with van der Waals surface area (Å²) >= 11 is 0. The van der Waals surface area contributed by atoms with E-state index in [2.05, 4.69) is 55.4 Å². The van der Waals surface area contributed by atoms with Gasteiger partial charge in [0.2, 0.25) is 5.79 Å². The van der Waals surface area contributed by atoms with Gasteiger partial charge in [-0.15, -0.1) is 0 Å². The van der Waals surface area contributed by atoms with Crippen LogP contribution in [0.1, 0.15) is 120 Å². The summed E-state index contributed by atoms with van der Waals surface area (Å²) < 4.78 is 0. The quantitative estimate of drug-likeness (QED) is 0.127. The molecule has 0 heterocycles. The van der Waals surface area contributed by atoms with Crippen LogP contribution >= 0.6 is 0 Å². The maximum absolute atomic E-state index is 5.96. The fourth-order valence-electron chi connectivity index (χ4n) is 3.00. The third-order valence-corrected chi connectivity index (χ3v) is 4.33. The summed E-state index contributed by atoms with van der Waals surface area (Å²) in [4.78, 5) is 23.6. The van der Waals surface area contributed by atoms with Gasteiger partial charge in [-0.3, -0.25) is 0 Å². The van der Waals surface area contributed by atoms with Crippen molar-refractivity contribution in [1.82, 2.24) is 0 Å². The van der Waals surface area contributed by atoms with Crippen molar-refractivity contribution in [2.75, 3.05) is 0 Å². The van der Waals surface area contributed by atoms with E-state index in [4.69, 9.17) is 19.6 Å². The van der Waals surface area contributed by atoms with Gasteiger partial charge in [-0.25, -0.2) is 9.78 Å². The monoisotopic (exact) mass is 360 g/mol. The first-order chi connectivity index (χ1) is 11.7. The molecule has 0 N–H and O–H groups in total. The fraction of sp³-hybridized carbons (Fsp3) is 1.00. The Hall–Kier alpha value is -0.160. The lowest BCUT2D eigenvalue weighted by Gasteiger charge is -2.37. The molecular weight excluding hydrogens is 316 g/mol. The van der Waals surface area contributed by atoms with Gasteiger partial charge in [0.1, 0.15) is 0 Å². The minimum Gasteiger partial charge on any atom is -0.228 e. The van der Waals surface area contributed by atoms with Crippen molar-refractivity contribution in [3.63, 3.8) is 0 Å². The van der Waals surface area contributed by atoms with Gasteiger partial charge >= 0.3 is 0 Å². The molecule has 0 spiro atoms. The molecule has 0 unspecified atom stereocenters. The van der Waals surface area contributed by atoms with E-state index >= 15 is 0 Å². The van der Waals surface area contributed by atoms with E-state index in [0.29, 0.717) is 0 Å². The molecule has 0 aliphatic heterocycles. The molecule has 4 nitrogen and oxygen atoms in total. The van der Waals surface area contributed by atoms with Gasteiger partial charge in [0.25, 0.3) is 0 Å². The predicted octanol–water partition coefficient (Wildman–Crippen LogP) is 7.12. The zero-order valence-electron chi connectivity index (χ0n) is 18.2. The summed E-state index contributed by atoms with van der Waals surface area (Å²) in [5.74, 6) is -0.833. The van der Waals surface area contributed by atoms with E-state index in [1.54, 1.807) is 0 Å². The second-order valence-electron chi connectivity index (χ2n) is 8.47. The van der Waals surface area contributed by atoms with Crippen LogP contribution in [0.15, 0.2) is 0 Å². The first-order valence-corrected chi connectivity index (χ1v) is 10.4. The molecule has 0 aliphatic rings. The van der Waals surface area contributed by atoms with Crippen molar-refractivity contribution in [2.45, 2.75) is 137 Å². The van der Waals surface area contributed by atoms with Crippen molar-refractivity contribution >= 4 is 0 Å². The van der Waals surface area contributed by atoms with E-state index in [0.717, 1.165) is 64.2 Å². The lowest BCUT2D eigenvalue weighted by molar-refractivity contribution is -0.546. The van der Waals surface area contributed by atoms with Crippen molar-refractivity contribution < 1.29 is 19.6 Å². The molecule has 4 heteroatoms. The van der Waals surface area contributed by atoms with Crippen LogP contribution in [0.25, 0.3) is 0 Å². The fourth-order valence-corrected chi connectivity index (χ4v) is 3.00. The first-order valence-electron chi connectivity index (χ1n) is 10.4. The Morgan fingerprint density at radius 1 is 0.480 bits per heavy atom. The summed E-state index contributed by atoms with van der Waals surface area (Å²) in [6.45, 7) is 16.9. The molecule has 152 valence electrons. The molecule has 0 saturated carbocycles. The third kappa shape index (κ3) is 11.2. The van der Waals surface area contributed by atoms with Crippen LogP contribution in [0.5, 0.6) is 0 Å². The SMILES string of the molecule is CCCCCC(CCC)(OOC(C)(C)CCC)OOC(C)(C)CCC. The first kappa shape index (κ1) is 24.8. The highest BCUT2D eigenvalue weighted by molar-refractivity contribution is 4.71. The molecular formula is C21H44O4. The number of hydrogen-bond acceptors (Lipinski definition) is 4. The zero-order valence-corrected chi connectivity index (χ0v) is 18.2. The van der Waals surface area contributed by atoms with Crippen LogP contribution in [0, 0.1) is 0 Å². The smallest absolute Gasteiger partial charge is 0.228 e. The highest BCUT2D eigenvalue weighted by Gasteiger charge is 2.38. The lowest BCUT2D eigenvalue weighted by Crippen LogP contribution is -2.42. The summed E-state index contributed by atoms with van der Waals surface area (Å²) in [6.07, 6.45) is 9.79. The highest BCUT2D eigenvalue weighted by atomic mass is 17.3. The topological polar surface area (TPSA) is 36.9 Å². The second-order valence-corrected chi connectivity index (χ2v) is 8.47. The molecule has 0 atom stereocenters. The molecule has 0 radical (unpaired) electrons. The number of hydrogen-bond donors (Lipinski definition) is 0.